The zero-order valence-corrected chi connectivity index (χ0v) is 6.42. The number of rotatable bonds is 1. The van der Waals surface area contributed by atoms with Crippen LogP contribution in [0.3, 0.4) is 0 Å². The standard InChI is InChI=1S/C8H8F2O2/c1-5-4-6(9)2-3-8(5,10)7(11)12/h2-5H,1H3,(H,11,12). The van der Waals surface area contributed by atoms with E-state index >= 15 is 0 Å². The predicted molar refractivity (Wildman–Crippen MR) is 39.0 cm³/mol. The molecule has 1 N–H and O–H groups in total. The molecule has 0 fully saturated rings. The second kappa shape index (κ2) is 2.69. The predicted octanol–water partition coefficient (Wildman–Crippen LogP) is 1.84. The lowest BCUT2D eigenvalue weighted by molar-refractivity contribution is -0.149. The third kappa shape index (κ3) is 1.24. The summed E-state index contributed by atoms with van der Waals surface area (Å²) in [4.78, 5) is 10.4. The van der Waals surface area contributed by atoms with Crippen LogP contribution >= 0.6 is 0 Å². The van der Waals surface area contributed by atoms with Crippen LogP contribution in [0.25, 0.3) is 0 Å². The van der Waals surface area contributed by atoms with Crippen LogP contribution in [0.1, 0.15) is 6.92 Å². The van der Waals surface area contributed by atoms with E-state index in [1.165, 1.54) is 6.92 Å². The van der Waals surface area contributed by atoms with E-state index in [1.54, 1.807) is 0 Å². The highest BCUT2D eigenvalue weighted by Gasteiger charge is 2.42. The van der Waals surface area contributed by atoms with Crippen molar-refractivity contribution in [3.8, 4) is 0 Å². The van der Waals surface area contributed by atoms with Crippen molar-refractivity contribution in [2.24, 2.45) is 5.92 Å². The fourth-order valence-corrected chi connectivity index (χ4v) is 1.03. The van der Waals surface area contributed by atoms with Crippen LogP contribution in [-0.4, -0.2) is 16.7 Å². The van der Waals surface area contributed by atoms with Gasteiger partial charge < -0.3 is 5.11 Å². The summed E-state index contributed by atoms with van der Waals surface area (Å²) in [6.45, 7) is 1.32. The van der Waals surface area contributed by atoms with Crippen molar-refractivity contribution in [2.75, 3.05) is 0 Å². The molecular formula is C8H8F2O2. The minimum atomic E-state index is -2.46. The van der Waals surface area contributed by atoms with Crippen molar-refractivity contribution in [1.29, 1.82) is 0 Å². The number of carbonyl (C=O) groups is 1. The summed E-state index contributed by atoms with van der Waals surface area (Å²) in [5.41, 5.74) is -2.46. The number of aliphatic carboxylic acids is 1. The van der Waals surface area contributed by atoms with Gasteiger partial charge in [0.15, 0.2) is 0 Å². The molecule has 66 valence electrons. The summed E-state index contributed by atoms with van der Waals surface area (Å²) in [6, 6.07) is 0. The first-order valence-electron chi connectivity index (χ1n) is 3.45. The number of alkyl halides is 1. The lowest BCUT2D eigenvalue weighted by Gasteiger charge is -2.23. The van der Waals surface area contributed by atoms with Crippen molar-refractivity contribution in [3.63, 3.8) is 0 Å². The summed E-state index contributed by atoms with van der Waals surface area (Å²) < 4.78 is 25.8. The number of carboxylic acid groups (broad SMARTS) is 1. The van der Waals surface area contributed by atoms with E-state index in [9.17, 15) is 13.6 Å². The second-order valence-electron chi connectivity index (χ2n) is 2.75. The summed E-state index contributed by atoms with van der Waals surface area (Å²) in [5.74, 6) is -3.16. The first-order valence-corrected chi connectivity index (χ1v) is 3.45. The van der Waals surface area contributed by atoms with E-state index in [4.69, 9.17) is 5.11 Å². The third-order valence-electron chi connectivity index (χ3n) is 1.88. The second-order valence-corrected chi connectivity index (χ2v) is 2.75. The van der Waals surface area contributed by atoms with Crippen LogP contribution in [-0.2, 0) is 4.79 Å². The maximum Gasteiger partial charge on any atom is 0.346 e. The molecule has 0 radical (unpaired) electrons. The van der Waals surface area contributed by atoms with Gasteiger partial charge in [0.25, 0.3) is 0 Å². The molecule has 2 atom stereocenters. The highest BCUT2D eigenvalue weighted by Crippen LogP contribution is 2.31. The van der Waals surface area contributed by atoms with Crippen LogP contribution in [0.4, 0.5) is 8.78 Å². The number of hydrogen-bond acceptors (Lipinski definition) is 1. The molecule has 0 amide bonds. The monoisotopic (exact) mass is 174 g/mol. The molecule has 0 saturated heterocycles. The molecule has 1 rings (SSSR count). The van der Waals surface area contributed by atoms with E-state index < -0.39 is 23.4 Å². The Hall–Kier alpha value is -1.19. The Morgan fingerprint density at radius 3 is 2.75 bits per heavy atom. The van der Waals surface area contributed by atoms with Crippen LogP contribution in [0.15, 0.2) is 24.1 Å². The molecule has 0 aromatic carbocycles. The molecule has 0 bridgehead atoms. The molecule has 0 aromatic heterocycles. The average molecular weight is 174 g/mol. The van der Waals surface area contributed by atoms with E-state index in [0.717, 1.165) is 18.2 Å². The van der Waals surface area contributed by atoms with Crippen LogP contribution in [0.2, 0.25) is 0 Å². The van der Waals surface area contributed by atoms with Crippen molar-refractivity contribution < 1.29 is 18.7 Å². The normalized spacial score (nSPS) is 34.6. The topological polar surface area (TPSA) is 37.3 Å². The van der Waals surface area contributed by atoms with E-state index in [-0.39, 0.29) is 0 Å². The van der Waals surface area contributed by atoms with Gasteiger partial charge in [0.1, 0.15) is 5.83 Å². The molecule has 0 heterocycles. The number of hydrogen-bond donors (Lipinski definition) is 1. The van der Waals surface area contributed by atoms with Gasteiger partial charge >= 0.3 is 5.97 Å². The van der Waals surface area contributed by atoms with Gasteiger partial charge in [0.05, 0.1) is 0 Å². The molecule has 1 aliphatic carbocycles. The highest BCUT2D eigenvalue weighted by atomic mass is 19.1. The molecular weight excluding hydrogens is 166 g/mol. The van der Waals surface area contributed by atoms with Crippen molar-refractivity contribution in [1.82, 2.24) is 0 Å². The van der Waals surface area contributed by atoms with Gasteiger partial charge in [0, 0.05) is 5.92 Å². The van der Waals surface area contributed by atoms with Gasteiger partial charge in [-0.2, -0.15) is 0 Å². The maximum absolute atomic E-state index is 13.4. The lowest BCUT2D eigenvalue weighted by atomic mass is 9.87. The minimum Gasteiger partial charge on any atom is -0.479 e. The van der Waals surface area contributed by atoms with Crippen molar-refractivity contribution >= 4 is 5.97 Å². The first kappa shape index (κ1) is 8.90. The zero-order valence-electron chi connectivity index (χ0n) is 6.42. The Morgan fingerprint density at radius 1 is 1.75 bits per heavy atom. The Morgan fingerprint density at radius 2 is 2.33 bits per heavy atom. The lowest BCUT2D eigenvalue weighted by Crippen LogP contribution is -2.38. The molecule has 0 aliphatic heterocycles. The largest absolute Gasteiger partial charge is 0.479 e. The Balaban J connectivity index is 2.99. The van der Waals surface area contributed by atoms with Gasteiger partial charge in [-0.15, -0.1) is 0 Å². The van der Waals surface area contributed by atoms with Crippen molar-refractivity contribution in [3.05, 3.63) is 24.1 Å². The third-order valence-corrected chi connectivity index (χ3v) is 1.88. The first-order chi connectivity index (χ1) is 5.47. The smallest absolute Gasteiger partial charge is 0.346 e. The van der Waals surface area contributed by atoms with Gasteiger partial charge in [-0.05, 0) is 18.2 Å². The molecule has 2 unspecified atom stereocenters. The van der Waals surface area contributed by atoms with Crippen LogP contribution < -0.4 is 0 Å². The van der Waals surface area contributed by atoms with E-state index in [2.05, 4.69) is 0 Å². The van der Waals surface area contributed by atoms with Gasteiger partial charge in [-0.1, -0.05) is 6.92 Å². The summed E-state index contributed by atoms with van der Waals surface area (Å²) >= 11 is 0. The van der Waals surface area contributed by atoms with Gasteiger partial charge in [-0.25, -0.2) is 13.6 Å². The number of carboxylic acids is 1. The summed E-state index contributed by atoms with van der Waals surface area (Å²) in [7, 11) is 0. The molecule has 0 saturated carbocycles. The summed E-state index contributed by atoms with van der Waals surface area (Å²) in [6.07, 6.45) is 2.51. The number of halogens is 2. The van der Waals surface area contributed by atoms with Crippen molar-refractivity contribution in [2.45, 2.75) is 12.6 Å². The zero-order chi connectivity index (χ0) is 9.35. The minimum absolute atomic E-state index is 0.600. The molecule has 1 aliphatic rings. The molecule has 2 nitrogen and oxygen atoms in total. The van der Waals surface area contributed by atoms with Crippen LogP contribution in [0.5, 0.6) is 0 Å². The van der Waals surface area contributed by atoms with E-state index in [0.29, 0.717) is 0 Å². The number of allylic oxidation sites excluding steroid dienone is 3. The Bertz CT molecular complexity index is 270. The molecule has 4 heteroatoms. The van der Waals surface area contributed by atoms with E-state index in [1.807, 2.05) is 0 Å². The maximum atomic E-state index is 13.4. The average Bonchev–Trinajstić information content (AvgIpc) is 1.97. The quantitative estimate of drug-likeness (QED) is 0.658. The molecule has 0 aromatic rings. The fourth-order valence-electron chi connectivity index (χ4n) is 1.03. The molecule has 0 spiro atoms. The molecule has 12 heavy (non-hydrogen) atoms. The summed E-state index contributed by atoms with van der Waals surface area (Å²) in [5, 5.41) is 8.48. The van der Waals surface area contributed by atoms with Gasteiger partial charge in [-0.3, -0.25) is 0 Å². The Labute approximate surface area is 68.2 Å². The Kier molecular flexibility index (Phi) is 2.00. The highest BCUT2D eigenvalue weighted by molar-refractivity contribution is 5.81. The van der Waals surface area contributed by atoms with Gasteiger partial charge in [0.2, 0.25) is 5.67 Å². The van der Waals surface area contributed by atoms with Crippen LogP contribution in [0, 0.1) is 5.92 Å². The fraction of sp³-hybridized carbons (Fsp3) is 0.375. The SMILES string of the molecule is CC1C=C(F)C=CC1(F)C(=O)O.